The van der Waals surface area contributed by atoms with Crippen molar-refractivity contribution in [3.8, 4) is 0 Å². The average Bonchev–Trinajstić information content (AvgIpc) is 2.04. The molecule has 0 saturated heterocycles. The molecule has 78 valence electrons. The van der Waals surface area contributed by atoms with Gasteiger partial charge in [0.2, 0.25) is 0 Å². The highest BCUT2D eigenvalue weighted by Crippen LogP contribution is 2.08. The predicted octanol–water partition coefficient (Wildman–Crippen LogP) is 1.86. The summed E-state index contributed by atoms with van der Waals surface area (Å²) < 4.78 is 0. The fourth-order valence-electron chi connectivity index (χ4n) is 1.46. The molecule has 0 aromatic heterocycles. The minimum absolute atomic E-state index is 0.343. The van der Waals surface area contributed by atoms with E-state index in [1.807, 2.05) is 18.7 Å². The second kappa shape index (κ2) is 5.97. The Kier molecular flexibility index (Phi) is 5.71. The Balaban J connectivity index is 4.50. The summed E-state index contributed by atoms with van der Waals surface area (Å²) in [5.41, 5.74) is 0. The van der Waals surface area contributed by atoms with Gasteiger partial charge in [-0.3, -0.25) is 4.99 Å². The van der Waals surface area contributed by atoms with Gasteiger partial charge in [-0.1, -0.05) is 6.92 Å². The Hall–Kier alpha value is -0.570. The van der Waals surface area contributed by atoms with Crippen LogP contribution in [-0.4, -0.2) is 34.7 Å². The van der Waals surface area contributed by atoms with Crippen LogP contribution < -0.4 is 0 Å². The molecule has 0 radical (unpaired) electrons. The summed E-state index contributed by atoms with van der Waals surface area (Å²) in [4.78, 5) is 6.25. The Bertz CT molecular complexity index is 166. The van der Waals surface area contributed by atoms with Gasteiger partial charge in [0, 0.05) is 12.6 Å². The first-order valence-corrected chi connectivity index (χ1v) is 5.02. The van der Waals surface area contributed by atoms with Crippen molar-refractivity contribution < 1.29 is 5.11 Å². The third-order valence-corrected chi connectivity index (χ3v) is 2.23. The van der Waals surface area contributed by atoms with Gasteiger partial charge >= 0.3 is 0 Å². The molecule has 0 bridgehead atoms. The van der Waals surface area contributed by atoms with Crippen molar-refractivity contribution in [3.05, 3.63) is 0 Å². The summed E-state index contributed by atoms with van der Waals surface area (Å²) in [6, 6.07) is 0.343. The molecule has 0 aromatic carbocycles. The van der Waals surface area contributed by atoms with E-state index in [-0.39, 0.29) is 0 Å². The number of rotatable bonds is 4. The average molecular weight is 186 g/mol. The van der Waals surface area contributed by atoms with Crippen LogP contribution in [0, 0.1) is 0 Å². The van der Waals surface area contributed by atoms with Crippen LogP contribution in [0.1, 0.15) is 41.0 Å². The van der Waals surface area contributed by atoms with Crippen molar-refractivity contribution in [1.82, 2.24) is 4.90 Å². The van der Waals surface area contributed by atoms with Crippen LogP contribution in [0.2, 0.25) is 0 Å². The summed E-state index contributed by atoms with van der Waals surface area (Å²) >= 11 is 0. The lowest BCUT2D eigenvalue weighted by Gasteiger charge is -2.32. The topological polar surface area (TPSA) is 35.8 Å². The minimum Gasteiger partial charge on any atom is -0.374 e. The van der Waals surface area contributed by atoms with E-state index in [0.717, 1.165) is 18.8 Å². The van der Waals surface area contributed by atoms with Crippen LogP contribution in [-0.2, 0) is 0 Å². The number of aliphatic imine (C=N–C) groups is 1. The largest absolute Gasteiger partial charge is 0.374 e. The summed E-state index contributed by atoms with van der Waals surface area (Å²) in [6.07, 6.45) is 0.562. The number of aliphatic hydroxyl groups is 1. The molecule has 0 aliphatic heterocycles. The van der Waals surface area contributed by atoms with Gasteiger partial charge in [0.05, 0.1) is 5.84 Å². The Labute approximate surface area is 81.5 Å². The normalized spacial score (nSPS) is 16.9. The third-order valence-electron chi connectivity index (χ3n) is 2.23. The van der Waals surface area contributed by atoms with Crippen molar-refractivity contribution in [2.75, 3.05) is 6.54 Å². The SMILES string of the molecule is CC/N=C(/C)N(C(C)O)C(C)CC. The Morgan fingerprint density at radius 2 is 1.92 bits per heavy atom. The molecular formula is C10H22N2O. The first-order chi connectivity index (χ1) is 6.04. The molecule has 0 aliphatic carbocycles. The summed E-state index contributed by atoms with van der Waals surface area (Å²) in [7, 11) is 0. The summed E-state index contributed by atoms with van der Waals surface area (Å²) in [5.74, 6) is 0.923. The van der Waals surface area contributed by atoms with Crippen LogP contribution in [0.25, 0.3) is 0 Å². The van der Waals surface area contributed by atoms with Crippen molar-refractivity contribution in [2.45, 2.75) is 53.3 Å². The van der Waals surface area contributed by atoms with Crippen molar-refractivity contribution in [1.29, 1.82) is 0 Å². The van der Waals surface area contributed by atoms with Crippen molar-refractivity contribution in [2.24, 2.45) is 4.99 Å². The van der Waals surface area contributed by atoms with E-state index in [0.29, 0.717) is 6.04 Å². The zero-order valence-electron chi connectivity index (χ0n) is 9.41. The molecule has 1 N–H and O–H groups in total. The fraction of sp³-hybridized carbons (Fsp3) is 0.900. The van der Waals surface area contributed by atoms with Gasteiger partial charge in [0.1, 0.15) is 6.23 Å². The maximum Gasteiger partial charge on any atom is 0.125 e. The molecule has 0 aliphatic rings. The number of hydrogen-bond donors (Lipinski definition) is 1. The highest BCUT2D eigenvalue weighted by molar-refractivity contribution is 5.80. The molecule has 2 unspecified atom stereocenters. The van der Waals surface area contributed by atoms with Gasteiger partial charge in [-0.15, -0.1) is 0 Å². The van der Waals surface area contributed by atoms with Crippen LogP contribution >= 0.6 is 0 Å². The molecule has 0 spiro atoms. The molecule has 0 fully saturated rings. The smallest absolute Gasteiger partial charge is 0.125 e. The quantitative estimate of drug-likeness (QED) is 0.413. The molecule has 3 heteroatoms. The van der Waals surface area contributed by atoms with E-state index in [2.05, 4.69) is 18.8 Å². The number of amidine groups is 1. The van der Waals surface area contributed by atoms with Crippen LogP contribution in [0.3, 0.4) is 0 Å². The van der Waals surface area contributed by atoms with E-state index in [1.54, 1.807) is 6.92 Å². The summed E-state index contributed by atoms with van der Waals surface area (Å²) in [6.45, 7) is 10.7. The van der Waals surface area contributed by atoms with E-state index in [1.165, 1.54) is 0 Å². The van der Waals surface area contributed by atoms with E-state index in [9.17, 15) is 5.11 Å². The van der Waals surface area contributed by atoms with Gasteiger partial charge in [-0.2, -0.15) is 0 Å². The summed E-state index contributed by atoms with van der Waals surface area (Å²) in [5, 5.41) is 9.56. The lowest BCUT2D eigenvalue weighted by molar-refractivity contribution is 0.0459. The first kappa shape index (κ1) is 12.4. The zero-order valence-corrected chi connectivity index (χ0v) is 9.41. The predicted molar refractivity (Wildman–Crippen MR) is 56.9 cm³/mol. The van der Waals surface area contributed by atoms with E-state index in [4.69, 9.17) is 0 Å². The van der Waals surface area contributed by atoms with Crippen LogP contribution in [0.5, 0.6) is 0 Å². The number of nitrogens with zero attached hydrogens (tertiary/aromatic N) is 2. The van der Waals surface area contributed by atoms with Gasteiger partial charge in [0.25, 0.3) is 0 Å². The first-order valence-electron chi connectivity index (χ1n) is 5.02. The molecule has 0 saturated carbocycles. The van der Waals surface area contributed by atoms with Crippen LogP contribution in [0.15, 0.2) is 4.99 Å². The lowest BCUT2D eigenvalue weighted by Crippen LogP contribution is -2.43. The lowest BCUT2D eigenvalue weighted by atomic mass is 10.2. The monoisotopic (exact) mass is 186 g/mol. The Morgan fingerprint density at radius 3 is 2.23 bits per heavy atom. The second-order valence-corrected chi connectivity index (χ2v) is 3.32. The molecule has 0 amide bonds. The van der Waals surface area contributed by atoms with Gasteiger partial charge in [-0.05, 0) is 34.1 Å². The Morgan fingerprint density at radius 1 is 1.38 bits per heavy atom. The van der Waals surface area contributed by atoms with Gasteiger partial charge < -0.3 is 10.0 Å². The molecular weight excluding hydrogens is 164 g/mol. The zero-order chi connectivity index (χ0) is 10.4. The second-order valence-electron chi connectivity index (χ2n) is 3.32. The highest BCUT2D eigenvalue weighted by Gasteiger charge is 2.17. The molecule has 0 aromatic rings. The molecule has 0 heterocycles. The maximum absolute atomic E-state index is 9.56. The minimum atomic E-state index is -0.453. The van der Waals surface area contributed by atoms with Crippen molar-refractivity contribution >= 4 is 5.84 Å². The third kappa shape index (κ3) is 3.77. The van der Waals surface area contributed by atoms with Gasteiger partial charge in [-0.25, -0.2) is 0 Å². The standard InChI is InChI=1S/C10H22N2O/c1-6-8(3)12(10(5)13)9(4)11-7-2/h8,10,13H,6-7H2,1-5H3/b11-9-. The molecule has 2 atom stereocenters. The van der Waals surface area contributed by atoms with E-state index < -0.39 is 6.23 Å². The van der Waals surface area contributed by atoms with Gasteiger partial charge in [0.15, 0.2) is 0 Å². The maximum atomic E-state index is 9.56. The number of hydrogen-bond acceptors (Lipinski definition) is 2. The number of aliphatic hydroxyl groups excluding tert-OH is 1. The molecule has 13 heavy (non-hydrogen) atoms. The highest BCUT2D eigenvalue weighted by atomic mass is 16.3. The van der Waals surface area contributed by atoms with E-state index >= 15 is 0 Å². The van der Waals surface area contributed by atoms with Crippen molar-refractivity contribution in [3.63, 3.8) is 0 Å². The fourth-order valence-corrected chi connectivity index (χ4v) is 1.46. The molecule has 3 nitrogen and oxygen atoms in total. The van der Waals surface area contributed by atoms with Crippen LogP contribution in [0.4, 0.5) is 0 Å². The molecule has 0 rings (SSSR count).